The molecule has 4 heterocycles. The lowest BCUT2D eigenvalue weighted by Gasteiger charge is -2.44. The zero-order valence-corrected chi connectivity index (χ0v) is 29.3. The smallest absolute Gasteiger partial charge is 0.414 e. The first-order valence-electron chi connectivity index (χ1n) is 16.5. The van der Waals surface area contributed by atoms with Crippen molar-refractivity contribution >= 4 is 41.0 Å². The number of fused-ring (bicyclic) bond motifs is 3. The first-order valence-corrected chi connectivity index (χ1v) is 17.2. The fourth-order valence-electron chi connectivity index (χ4n) is 6.56. The van der Waals surface area contributed by atoms with E-state index in [0.29, 0.717) is 57.1 Å². The van der Waals surface area contributed by atoms with E-state index < -0.39 is 24.0 Å². The van der Waals surface area contributed by atoms with Crippen molar-refractivity contribution in [3.05, 3.63) is 117 Å². The van der Waals surface area contributed by atoms with Crippen LogP contribution in [0, 0.1) is 11.7 Å². The summed E-state index contributed by atoms with van der Waals surface area (Å²) in [5.74, 6) is 0.252. The molecule has 2 atom stereocenters. The van der Waals surface area contributed by atoms with Gasteiger partial charge in [-0.15, -0.1) is 0 Å². The van der Waals surface area contributed by atoms with Crippen molar-refractivity contribution < 1.29 is 32.9 Å². The van der Waals surface area contributed by atoms with Crippen molar-refractivity contribution in [1.29, 1.82) is 0 Å². The topological polar surface area (TPSA) is 90.4 Å². The highest BCUT2D eigenvalue weighted by atomic mass is 35.5. The number of piperidine rings is 3. The van der Waals surface area contributed by atoms with Crippen LogP contribution < -0.4 is 14.4 Å². The van der Waals surface area contributed by atoms with Crippen LogP contribution in [0.2, 0.25) is 10.0 Å². The Morgan fingerprint density at radius 2 is 1.66 bits per heavy atom. The number of halogens is 3. The largest absolute Gasteiger partial charge is 0.493 e. The SMILES string of the molecule is COc1ccc([C@H](Cc2c(Cl)cncc2Cl)OC(=O)c2ccc(CCN(C(=O)O[C@H]3CN4CCC3CC4)c3ccccc3F)cc2)cc1OC. The molecule has 50 heavy (non-hydrogen) atoms. The molecule has 3 aliphatic rings. The van der Waals surface area contributed by atoms with Crippen LogP contribution in [0.3, 0.4) is 0 Å². The van der Waals surface area contributed by atoms with Crippen LogP contribution in [-0.2, 0) is 22.3 Å². The highest BCUT2D eigenvalue weighted by Crippen LogP contribution is 2.36. The quantitative estimate of drug-likeness (QED) is 0.136. The highest BCUT2D eigenvalue weighted by Gasteiger charge is 2.37. The zero-order valence-electron chi connectivity index (χ0n) is 27.8. The second-order valence-corrected chi connectivity index (χ2v) is 13.2. The maximum absolute atomic E-state index is 14.9. The zero-order chi connectivity index (χ0) is 35.2. The van der Waals surface area contributed by atoms with Crippen molar-refractivity contribution in [1.82, 2.24) is 9.88 Å². The maximum Gasteiger partial charge on any atom is 0.414 e. The summed E-state index contributed by atoms with van der Waals surface area (Å²) in [6.45, 7) is 2.92. The van der Waals surface area contributed by atoms with Gasteiger partial charge >= 0.3 is 12.1 Å². The van der Waals surface area contributed by atoms with Gasteiger partial charge in [-0.2, -0.15) is 0 Å². The highest BCUT2D eigenvalue weighted by molar-refractivity contribution is 6.35. The van der Waals surface area contributed by atoms with E-state index in [-0.39, 0.29) is 24.8 Å². The van der Waals surface area contributed by atoms with E-state index in [0.717, 1.165) is 31.5 Å². The number of amides is 1. The predicted molar refractivity (Wildman–Crippen MR) is 189 cm³/mol. The van der Waals surface area contributed by atoms with Gasteiger partial charge < -0.3 is 18.9 Å². The molecule has 7 rings (SSSR count). The molecule has 3 aliphatic heterocycles. The summed E-state index contributed by atoms with van der Waals surface area (Å²) in [4.78, 5) is 34.7. The summed E-state index contributed by atoms with van der Waals surface area (Å²) >= 11 is 12.9. The number of para-hydroxylation sites is 1. The van der Waals surface area contributed by atoms with Crippen molar-refractivity contribution in [2.24, 2.45) is 5.92 Å². The molecule has 12 heteroatoms. The molecule has 3 aromatic carbocycles. The molecule has 3 fully saturated rings. The number of aromatic nitrogens is 1. The predicted octanol–water partition coefficient (Wildman–Crippen LogP) is 7.97. The number of pyridine rings is 1. The van der Waals surface area contributed by atoms with E-state index in [1.165, 1.54) is 37.6 Å². The van der Waals surface area contributed by atoms with Crippen LogP contribution in [0.25, 0.3) is 0 Å². The summed E-state index contributed by atoms with van der Waals surface area (Å²) in [5.41, 5.74) is 2.55. The third-order valence-corrected chi connectivity index (χ3v) is 10.0. The Morgan fingerprint density at radius 3 is 2.30 bits per heavy atom. The van der Waals surface area contributed by atoms with E-state index in [1.54, 1.807) is 60.7 Å². The summed E-state index contributed by atoms with van der Waals surface area (Å²) in [5, 5.41) is 0.695. The monoisotopic (exact) mass is 721 g/mol. The molecule has 2 bridgehead atoms. The van der Waals surface area contributed by atoms with E-state index in [2.05, 4.69) is 9.88 Å². The molecule has 3 saturated heterocycles. The van der Waals surface area contributed by atoms with Crippen molar-refractivity contribution in [2.45, 2.75) is 37.9 Å². The Bertz CT molecular complexity index is 1800. The average molecular weight is 723 g/mol. The average Bonchev–Trinajstić information content (AvgIpc) is 3.14. The van der Waals surface area contributed by atoms with Gasteiger partial charge in [0.15, 0.2) is 11.5 Å². The van der Waals surface area contributed by atoms with Gasteiger partial charge in [-0.1, -0.05) is 53.5 Å². The molecule has 0 saturated carbocycles. The number of anilines is 1. The number of nitrogens with zero attached hydrogens (tertiary/aromatic N) is 3. The van der Waals surface area contributed by atoms with Crippen molar-refractivity contribution in [3.8, 4) is 11.5 Å². The Morgan fingerprint density at radius 1 is 0.960 bits per heavy atom. The van der Waals surface area contributed by atoms with Crippen LogP contribution in [0.15, 0.2) is 79.1 Å². The standard InChI is InChI=1S/C38H38Cl2FN3O6/c1-47-33-12-11-27(19-35(33)48-2)34(20-28-29(39)21-42-22-30(28)40)49-37(45)26-9-7-24(8-10-26)13-18-44(32-6-4-3-5-31(32)41)38(46)50-36-23-43-16-14-25(36)15-17-43/h3-12,19,21-22,25,34,36H,13-18,20,23H2,1-2H3/t34-,36-/m0/s1. The van der Waals surface area contributed by atoms with E-state index in [1.807, 2.05) is 0 Å². The van der Waals surface area contributed by atoms with Gasteiger partial charge in [0.1, 0.15) is 18.0 Å². The van der Waals surface area contributed by atoms with Gasteiger partial charge in [0, 0.05) is 31.9 Å². The molecule has 1 amide bonds. The Balaban J connectivity index is 1.16. The second-order valence-electron chi connectivity index (χ2n) is 12.4. The number of rotatable bonds is 12. The number of hydrogen-bond acceptors (Lipinski definition) is 8. The van der Waals surface area contributed by atoms with Crippen LogP contribution >= 0.6 is 23.2 Å². The molecule has 4 aromatic rings. The number of methoxy groups -OCH3 is 2. The normalized spacial score (nSPS) is 18.6. The first-order chi connectivity index (χ1) is 24.2. The number of esters is 1. The first kappa shape index (κ1) is 35.4. The third-order valence-electron chi connectivity index (χ3n) is 9.40. The van der Waals surface area contributed by atoms with E-state index >= 15 is 0 Å². The molecule has 0 unspecified atom stereocenters. The number of ether oxygens (including phenoxy) is 4. The fraction of sp³-hybridized carbons (Fsp3) is 0.342. The number of carbonyl (C=O) groups excluding carboxylic acids is 2. The van der Waals surface area contributed by atoms with Gasteiger partial charge in [0.05, 0.1) is 35.5 Å². The molecule has 0 radical (unpaired) electrons. The Hall–Kier alpha value is -4.38. The molecular formula is C38H38Cl2FN3O6. The maximum atomic E-state index is 14.9. The lowest BCUT2D eigenvalue weighted by Crippen LogP contribution is -2.53. The lowest BCUT2D eigenvalue weighted by molar-refractivity contribution is -0.0310. The van der Waals surface area contributed by atoms with Crippen LogP contribution in [-0.4, -0.2) is 68.4 Å². The third kappa shape index (κ3) is 8.15. The molecular weight excluding hydrogens is 684 g/mol. The Kier molecular flexibility index (Phi) is 11.4. The minimum atomic E-state index is -0.782. The molecule has 1 aromatic heterocycles. The van der Waals surface area contributed by atoms with E-state index in [9.17, 15) is 14.0 Å². The van der Waals surface area contributed by atoms with Crippen molar-refractivity contribution in [3.63, 3.8) is 0 Å². The fourth-order valence-corrected chi connectivity index (χ4v) is 7.08. The second kappa shape index (κ2) is 16.1. The van der Waals surface area contributed by atoms with Crippen molar-refractivity contribution in [2.75, 3.05) is 45.3 Å². The lowest BCUT2D eigenvalue weighted by atomic mass is 9.86. The minimum absolute atomic E-state index is 0.162. The van der Waals surface area contributed by atoms with Gasteiger partial charge in [0.25, 0.3) is 0 Å². The summed E-state index contributed by atoms with van der Waals surface area (Å²) in [7, 11) is 3.06. The summed E-state index contributed by atoms with van der Waals surface area (Å²) in [6.07, 6.45) is 3.98. The molecule has 262 valence electrons. The van der Waals surface area contributed by atoms with Gasteiger partial charge in [0.2, 0.25) is 0 Å². The summed E-state index contributed by atoms with van der Waals surface area (Å²) in [6, 6.07) is 18.3. The Labute approximate surface area is 300 Å². The van der Waals surface area contributed by atoms with Crippen LogP contribution in [0.5, 0.6) is 11.5 Å². The van der Waals surface area contributed by atoms with Gasteiger partial charge in [-0.25, -0.2) is 14.0 Å². The number of benzene rings is 3. The molecule has 0 N–H and O–H groups in total. The van der Waals surface area contributed by atoms with Crippen LogP contribution in [0.1, 0.15) is 46.0 Å². The number of carbonyl (C=O) groups is 2. The van der Waals surface area contributed by atoms with E-state index in [4.69, 9.17) is 42.1 Å². The van der Waals surface area contributed by atoms with Gasteiger partial charge in [-0.3, -0.25) is 14.8 Å². The minimum Gasteiger partial charge on any atom is -0.493 e. The van der Waals surface area contributed by atoms with Gasteiger partial charge in [-0.05, 0) is 91.4 Å². The summed E-state index contributed by atoms with van der Waals surface area (Å²) < 4.78 is 37.8. The molecule has 0 spiro atoms. The number of hydrogen-bond donors (Lipinski definition) is 0. The molecule has 9 nitrogen and oxygen atoms in total. The van der Waals surface area contributed by atoms with Crippen LogP contribution in [0.4, 0.5) is 14.9 Å². The molecule has 0 aliphatic carbocycles.